The highest BCUT2D eigenvalue weighted by Crippen LogP contribution is 2.52. The summed E-state index contributed by atoms with van der Waals surface area (Å²) in [5, 5.41) is 2.17. The molecule has 0 radical (unpaired) electrons. The van der Waals surface area contributed by atoms with Gasteiger partial charge in [0.05, 0.1) is 5.70 Å². The molecule has 0 saturated heterocycles. The summed E-state index contributed by atoms with van der Waals surface area (Å²) in [5.41, 5.74) is 9.96. The van der Waals surface area contributed by atoms with Crippen LogP contribution in [0, 0.1) is 0 Å². The van der Waals surface area contributed by atoms with E-state index >= 15 is 0 Å². The predicted octanol–water partition coefficient (Wildman–Crippen LogP) is 11.4. The lowest BCUT2D eigenvalue weighted by Crippen LogP contribution is -2.24. The Morgan fingerprint density at radius 2 is 1.35 bits per heavy atom. The third-order valence-electron chi connectivity index (χ3n) is 9.34. The van der Waals surface area contributed by atoms with E-state index in [4.69, 9.17) is 14.1 Å². The second-order valence-electron chi connectivity index (χ2n) is 12.7. The second kappa shape index (κ2) is 12.0. The molecule has 0 bridgehead atoms. The van der Waals surface area contributed by atoms with Crippen LogP contribution in [0.1, 0.15) is 41.7 Å². The van der Waals surface area contributed by atoms with Gasteiger partial charge in [0.25, 0.3) is 0 Å². The van der Waals surface area contributed by atoms with Crippen molar-refractivity contribution in [2.75, 3.05) is 0 Å². The van der Waals surface area contributed by atoms with E-state index in [1.807, 2.05) is 66.7 Å². The van der Waals surface area contributed by atoms with Crippen molar-refractivity contribution in [1.82, 2.24) is 0 Å². The third-order valence-corrected chi connectivity index (χ3v) is 9.34. The summed E-state index contributed by atoms with van der Waals surface area (Å²) < 4.78 is 13.1. The first-order valence-electron chi connectivity index (χ1n) is 16.2. The maximum absolute atomic E-state index is 6.70. The van der Waals surface area contributed by atoms with Crippen LogP contribution in [-0.2, 0) is 11.8 Å². The summed E-state index contributed by atoms with van der Waals surface area (Å²) in [7, 11) is 0. The maximum Gasteiger partial charge on any atom is 0.178 e. The van der Waals surface area contributed by atoms with Crippen molar-refractivity contribution in [3.63, 3.8) is 0 Å². The van der Waals surface area contributed by atoms with Crippen LogP contribution in [0.15, 0.2) is 160 Å². The van der Waals surface area contributed by atoms with Crippen molar-refractivity contribution < 1.29 is 9.15 Å². The molecule has 8 rings (SSSR count). The molecule has 0 unspecified atom stereocenters. The predicted molar refractivity (Wildman–Crippen MR) is 198 cm³/mol. The Morgan fingerprint density at radius 3 is 2.10 bits per heavy atom. The molecule has 6 aromatic carbocycles. The van der Waals surface area contributed by atoms with E-state index in [0.717, 1.165) is 78.9 Å². The highest BCUT2D eigenvalue weighted by Gasteiger charge is 2.36. The molecule has 0 aliphatic carbocycles. The lowest BCUT2D eigenvalue weighted by Gasteiger charge is -2.34. The zero-order chi connectivity index (χ0) is 32.7. The lowest BCUT2D eigenvalue weighted by molar-refractivity contribution is 0.415. The highest BCUT2D eigenvalue weighted by atomic mass is 16.5. The van der Waals surface area contributed by atoms with Gasteiger partial charge in [-0.3, -0.25) is 0 Å². The van der Waals surface area contributed by atoms with E-state index in [9.17, 15) is 0 Å². The largest absolute Gasteiger partial charge is 0.453 e. The molecule has 0 spiro atoms. The summed E-state index contributed by atoms with van der Waals surface area (Å²) in [6, 6.07) is 47.9. The van der Waals surface area contributed by atoms with Gasteiger partial charge in [-0.25, -0.2) is 9.98 Å². The van der Waals surface area contributed by atoms with Crippen LogP contribution in [0.4, 0.5) is 0 Å². The minimum atomic E-state index is -0.245. The fourth-order valence-corrected chi connectivity index (χ4v) is 6.69. The molecule has 0 N–H and O–H groups in total. The Labute approximate surface area is 280 Å². The van der Waals surface area contributed by atoms with Crippen LogP contribution < -0.4 is 4.74 Å². The van der Waals surface area contributed by atoms with E-state index in [-0.39, 0.29) is 5.41 Å². The van der Waals surface area contributed by atoms with E-state index in [2.05, 4.69) is 104 Å². The maximum atomic E-state index is 6.70. The molecule has 48 heavy (non-hydrogen) atoms. The monoisotopic (exact) mass is 622 g/mol. The van der Waals surface area contributed by atoms with Gasteiger partial charge in [0.2, 0.25) is 0 Å². The van der Waals surface area contributed by atoms with E-state index in [1.165, 1.54) is 5.56 Å². The Balaban J connectivity index is 1.09. The molecule has 7 aromatic rings. The normalized spacial score (nSPS) is 14.0. The lowest BCUT2D eigenvalue weighted by atomic mass is 9.75. The molecule has 1 aliphatic heterocycles. The van der Waals surface area contributed by atoms with Gasteiger partial charge in [0, 0.05) is 32.9 Å². The number of aliphatic imine (C=N–C) groups is 2. The van der Waals surface area contributed by atoms with E-state index in [1.54, 1.807) is 0 Å². The van der Waals surface area contributed by atoms with Gasteiger partial charge in [0.15, 0.2) is 17.2 Å². The van der Waals surface area contributed by atoms with Crippen LogP contribution in [0.2, 0.25) is 0 Å². The van der Waals surface area contributed by atoms with Crippen LogP contribution in [-0.4, -0.2) is 12.6 Å². The smallest absolute Gasteiger partial charge is 0.178 e. The Morgan fingerprint density at radius 1 is 0.688 bits per heavy atom. The Bertz CT molecular complexity index is 2360. The van der Waals surface area contributed by atoms with E-state index in [0.29, 0.717) is 5.84 Å². The first kappa shape index (κ1) is 29.4. The fraction of sp³-hybridized carbons (Fsp3) is 0.0909. The van der Waals surface area contributed by atoms with Gasteiger partial charge in [-0.15, -0.1) is 0 Å². The number of hydrogen-bond donors (Lipinski definition) is 0. The van der Waals surface area contributed by atoms with Crippen molar-refractivity contribution in [3.8, 4) is 22.6 Å². The van der Waals surface area contributed by atoms with Gasteiger partial charge >= 0.3 is 0 Å². The molecule has 232 valence electrons. The number of benzene rings is 6. The average Bonchev–Trinajstić information content (AvgIpc) is 3.52. The summed E-state index contributed by atoms with van der Waals surface area (Å²) >= 11 is 0. The number of nitrogens with zero attached hydrogens (tertiary/aromatic N) is 2. The van der Waals surface area contributed by atoms with Gasteiger partial charge in [-0.2, -0.15) is 0 Å². The minimum Gasteiger partial charge on any atom is -0.453 e. The van der Waals surface area contributed by atoms with Gasteiger partial charge < -0.3 is 9.15 Å². The Kier molecular flexibility index (Phi) is 7.34. The standard InChI is InChI=1S/C44H34N2O2/c1-44(2)36-25-23-33(28-40(36)48-42-37(44)26-24-35-34-16-10-11-17-39(34)47-41(35)42)30-21-18-29(19-22-30)20-27-38(31-12-6-4-7-13-31)46-43(45-3)32-14-8-5-9-15-32/h4-19,21-28H,3,20H2,1-2H3/b38-27-,46-43-. The summed E-state index contributed by atoms with van der Waals surface area (Å²) in [5.74, 6) is 2.27. The van der Waals surface area contributed by atoms with Crippen molar-refractivity contribution in [1.29, 1.82) is 0 Å². The molecule has 1 aromatic heterocycles. The molecule has 0 fully saturated rings. The van der Waals surface area contributed by atoms with Crippen LogP contribution in [0.3, 0.4) is 0 Å². The van der Waals surface area contributed by atoms with Crippen molar-refractivity contribution >= 4 is 40.2 Å². The minimum absolute atomic E-state index is 0.245. The SMILES string of the molecule is C=N/C(=N\C(=C/Cc1ccc(-c2ccc3c(c2)Oc2c(ccc4c2oc2ccccc24)C3(C)C)cc1)c1ccccc1)c1ccccc1. The van der Waals surface area contributed by atoms with Crippen molar-refractivity contribution in [2.24, 2.45) is 9.98 Å². The van der Waals surface area contributed by atoms with Crippen molar-refractivity contribution in [3.05, 3.63) is 173 Å². The first-order chi connectivity index (χ1) is 23.5. The van der Waals surface area contributed by atoms with Gasteiger partial charge in [0.1, 0.15) is 11.3 Å². The number of hydrogen-bond acceptors (Lipinski definition) is 3. The molecule has 0 amide bonds. The fourth-order valence-electron chi connectivity index (χ4n) is 6.69. The molecule has 4 nitrogen and oxygen atoms in total. The molecule has 2 heterocycles. The summed E-state index contributed by atoms with van der Waals surface area (Å²) in [6.45, 7) is 8.30. The third kappa shape index (κ3) is 5.22. The zero-order valence-electron chi connectivity index (χ0n) is 27.0. The Hall–Kier alpha value is -6.00. The highest BCUT2D eigenvalue weighted by molar-refractivity contribution is 6.07. The van der Waals surface area contributed by atoms with Crippen molar-refractivity contribution in [2.45, 2.75) is 25.7 Å². The molecule has 0 saturated carbocycles. The first-order valence-corrected chi connectivity index (χ1v) is 16.2. The molecule has 4 heteroatoms. The number of rotatable bonds is 6. The second-order valence-corrected chi connectivity index (χ2v) is 12.7. The van der Waals surface area contributed by atoms with E-state index < -0.39 is 0 Å². The molecule has 1 aliphatic rings. The number of ether oxygens (including phenoxy) is 1. The number of amidine groups is 1. The van der Waals surface area contributed by atoms with Crippen LogP contribution in [0.5, 0.6) is 11.5 Å². The topological polar surface area (TPSA) is 47.1 Å². The number of para-hydroxylation sites is 1. The zero-order valence-corrected chi connectivity index (χ0v) is 27.0. The quantitative estimate of drug-likeness (QED) is 0.137. The molecular formula is C44H34N2O2. The summed E-state index contributed by atoms with van der Waals surface area (Å²) in [4.78, 5) is 9.19. The van der Waals surface area contributed by atoms with Crippen LogP contribution >= 0.6 is 0 Å². The number of furan rings is 1. The average molecular weight is 623 g/mol. The molecular weight excluding hydrogens is 588 g/mol. The number of allylic oxidation sites excluding steroid dienone is 1. The summed E-state index contributed by atoms with van der Waals surface area (Å²) in [6.07, 6.45) is 2.88. The van der Waals surface area contributed by atoms with Gasteiger partial charge in [-0.05, 0) is 53.6 Å². The number of fused-ring (bicyclic) bond motifs is 6. The van der Waals surface area contributed by atoms with Gasteiger partial charge in [-0.1, -0.05) is 141 Å². The van der Waals surface area contributed by atoms with Crippen LogP contribution in [0.25, 0.3) is 38.8 Å². The molecule has 0 atom stereocenters.